The zero-order valence-corrected chi connectivity index (χ0v) is 10.6. The van der Waals surface area contributed by atoms with Crippen molar-refractivity contribution in [3.8, 4) is 0 Å². The lowest BCUT2D eigenvalue weighted by molar-refractivity contribution is -0.384. The molecule has 1 aromatic heterocycles. The molecule has 1 amide bonds. The van der Waals surface area contributed by atoms with Crippen molar-refractivity contribution < 1.29 is 14.1 Å². The van der Waals surface area contributed by atoms with Gasteiger partial charge in [0.05, 0.1) is 22.4 Å². The molecule has 0 saturated heterocycles. The molecule has 6 nitrogen and oxygen atoms in total. The van der Waals surface area contributed by atoms with Crippen LogP contribution in [-0.2, 0) is 0 Å². The van der Waals surface area contributed by atoms with Gasteiger partial charge in [0.1, 0.15) is 11.0 Å². The Morgan fingerprint density at radius 3 is 2.70 bits per heavy atom. The van der Waals surface area contributed by atoms with Crippen LogP contribution in [-0.4, -0.2) is 15.8 Å². The maximum absolute atomic E-state index is 13.5. The molecule has 2 aromatic rings. The number of halogens is 2. The first-order chi connectivity index (χ1) is 9.47. The number of nitro benzene ring substituents is 1. The van der Waals surface area contributed by atoms with Crippen molar-refractivity contribution in [1.82, 2.24) is 4.98 Å². The van der Waals surface area contributed by atoms with Crippen LogP contribution in [0.25, 0.3) is 0 Å². The number of carbonyl (C=O) groups is 1. The smallest absolute Gasteiger partial charge is 0.270 e. The molecule has 0 unspecified atom stereocenters. The Labute approximate surface area is 117 Å². The number of amides is 1. The largest absolute Gasteiger partial charge is 0.320 e. The van der Waals surface area contributed by atoms with Gasteiger partial charge in [-0.3, -0.25) is 14.9 Å². The maximum Gasteiger partial charge on any atom is 0.270 e. The third kappa shape index (κ3) is 3.07. The van der Waals surface area contributed by atoms with Crippen LogP contribution in [0, 0.1) is 15.9 Å². The molecule has 0 radical (unpaired) electrons. The molecule has 0 bridgehead atoms. The number of non-ortho nitro benzene ring substituents is 1. The van der Waals surface area contributed by atoms with E-state index in [9.17, 15) is 19.3 Å². The van der Waals surface area contributed by atoms with E-state index in [1.165, 1.54) is 18.3 Å². The average Bonchev–Trinajstić information content (AvgIpc) is 2.41. The predicted molar refractivity (Wildman–Crippen MR) is 70.3 cm³/mol. The molecule has 20 heavy (non-hydrogen) atoms. The summed E-state index contributed by atoms with van der Waals surface area (Å²) in [5.41, 5.74) is -0.495. The number of hydrogen-bond donors (Lipinski definition) is 1. The van der Waals surface area contributed by atoms with Crippen LogP contribution >= 0.6 is 11.6 Å². The molecule has 0 aliphatic rings. The van der Waals surface area contributed by atoms with Crippen molar-refractivity contribution >= 4 is 28.9 Å². The molecular formula is C12H7ClFN3O3. The van der Waals surface area contributed by atoms with Gasteiger partial charge in [0.15, 0.2) is 0 Å². The molecule has 1 aromatic carbocycles. The number of benzene rings is 1. The Kier molecular flexibility index (Phi) is 3.90. The van der Waals surface area contributed by atoms with Gasteiger partial charge in [-0.1, -0.05) is 11.6 Å². The van der Waals surface area contributed by atoms with Crippen LogP contribution in [0.1, 0.15) is 10.4 Å². The van der Waals surface area contributed by atoms with E-state index in [0.29, 0.717) is 5.69 Å². The summed E-state index contributed by atoms with van der Waals surface area (Å²) in [5, 5.41) is 13.2. The highest BCUT2D eigenvalue weighted by atomic mass is 35.5. The Morgan fingerprint density at radius 1 is 1.35 bits per heavy atom. The van der Waals surface area contributed by atoms with Gasteiger partial charge in [-0.2, -0.15) is 0 Å². The molecule has 0 saturated carbocycles. The SMILES string of the molecule is O=C(Nc1ccc(Cl)nc1)c1cc([N+](=O)[O-])ccc1F. The first kappa shape index (κ1) is 13.9. The first-order valence-electron chi connectivity index (χ1n) is 5.34. The van der Waals surface area contributed by atoms with E-state index in [2.05, 4.69) is 10.3 Å². The van der Waals surface area contributed by atoms with Crippen LogP contribution < -0.4 is 5.32 Å². The summed E-state index contributed by atoms with van der Waals surface area (Å²) in [5.74, 6) is -1.66. The Balaban J connectivity index is 2.26. The normalized spacial score (nSPS) is 10.1. The predicted octanol–water partition coefficient (Wildman–Crippen LogP) is 3.03. The van der Waals surface area contributed by atoms with E-state index in [4.69, 9.17) is 11.6 Å². The van der Waals surface area contributed by atoms with Crippen LogP contribution in [0.3, 0.4) is 0 Å². The number of nitro groups is 1. The van der Waals surface area contributed by atoms with Crippen molar-refractivity contribution in [3.63, 3.8) is 0 Å². The third-order valence-electron chi connectivity index (χ3n) is 2.39. The van der Waals surface area contributed by atoms with E-state index in [1.54, 1.807) is 0 Å². The standard InChI is InChI=1S/C12H7ClFN3O3/c13-11-4-1-7(6-15-11)16-12(18)9-5-8(17(19)20)2-3-10(9)14/h1-6H,(H,16,18). The molecular weight excluding hydrogens is 289 g/mol. The molecule has 0 aliphatic heterocycles. The minimum absolute atomic E-state index is 0.240. The second-order valence-electron chi connectivity index (χ2n) is 3.74. The van der Waals surface area contributed by atoms with E-state index in [-0.39, 0.29) is 10.8 Å². The van der Waals surface area contributed by atoms with Gasteiger partial charge in [-0.25, -0.2) is 9.37 Å². The minimum atomic E-state index is -0.852. The summed E-state index contributed by atoms with van der Waals surface area (Å²) in [7, 11) is 0. The number of pyridine rings is 1. The number of anilines is 1. The zero-order chi connectivity index (χ0) is 14.7. The monoisotopic (exact) mass is 295 g/mol. The van der Waals surface area contributed by atoms with Gasteiger partial charge >= 0.3 is 0 Å². The van der Waals surface area contributed by atoms with Crippen LogP contribution in [0.4, 0.5) is 15.8 Å². The van der Waals surface area contributed by atoms with Crippen LogP contribution in [0.15, 0.2) is 36.5 Å². The second kappa shape index (κ2) is 5.62. The highest BCUT2D eigenvalue weighted by Crippen LogP contribution is 2.18. The third-order valence-corrected chi connectivity index (χ3v) is 2.61. The van der Waals surface area contributed by atoms with E-state index in [1.807, 2.05) is 0 Å². The fraction of sp³-hybridized carbons (Fsp3) is 0. The highest BCUT2D eigenvalue weighted by molar-refractivity contribution is 6.29. The average molecular weight is 296 g/mol. The number of nitrogens with one attached hydrogen (secondary N) is 1. The van der Waals surface area contributed by atoms with Gasteiger partial charge in [0, 0.05) is 12.1 Å². The van der Waals surface area contributed by atoms with Gasteiger partial charge in [-0.05, 0) is 18.2 Å². The Morgan fingerprint density at radius 2 is 2.10 bits per heavy atom. The first-order valence-corrected chi connectivity index (χ1v) is 5.72. The summed E-state index contributed by atoms with van der Waals surface area (Å²) < 4.78 is 13.5. The quantitative estimate of drug-likeness (QED) is 0.536. The van der Waals surface area contributed by atoms with Crippen LogP contribution in [0.2, 0.25) is 5.15 Å². The summed E-state index contributed by atoms with van der Waals surface area (Å²) in [6.07, 6.45) is 1.29. The van der Waals surface area contributed by atoms with Crippen LogP contribution in [0.5, 0.6) is 0 Å². The topological polar surface area (TPSA) is 85.1 Å². The molecule has 102 valence electrons. The summed E-state index contributed by atoms with van der Waals surface area (Å²) in [6.45, 7) is 0. The van der Waals surface area contributed by atoms with E-state index >= 15 is 0 Å². The molecule has 0 fully saturated rings. The van der Waals surface area contributed by atoms with E-state index < -0.39 is 22.2 Å². The van der Waals surface area contributed by atoms with Gasteiger partial charge in [-0.15, -0.1) is 0 Å². The maximum atomic E-state index is 13.5. The summed E-state index contributed by atoms with van der Waals surface area (Å²) in [4.78, 5) is 25.5. The van der Waals surface area contributed by atoms with Gasteiger partial charge < -0.3 is 5.32 Å². The fourth-order valence-electron chi connectivity index (χ4n) is 1.45. The molecule has 1 N–H and O–H groups in total. The lowest BCUT2D eigenvalue weighted by Gasteiger charge is -2.05. The van der Waals surface area contributed by atoms with Gasteiger partial charge in [0.2, 0.25) is 0 Å². The number of hydrogen-bond acceptors (Lipinski definition) is 4. The fourth-order valence-corrected chi connectivity index (χ4v) is 1.56. The second-order valence-corrected chi connectivity index (χ2v) is 4.13. The molecule has 2 rings (SSSR count). The molecule has 8 heteroatoms. The van der Waals surface area contributed by atoms with Crippen molar-refractivity contribution in [2.45, 2.75) is 0 Å². The van der Waals surface area contributed by atoms with Crippen molar-refractivity contribution in [2.24, 2.45) is 0 Å². The highest BCUT2D eigenvalue weighted by Gasteiger charge is 2.17. The molecule has 1 heterocycles. The Hall–Kier alpha value is -2.54. The van der Waals surface area contributed by atoms with Crippen molar-refractivity contribution in [1.29, 1.82) is 0 Å². The number of nitrogens with zero attached hydrogens (tertiary/aromatic N) is 2. The molecule has 0 aliphatic carbocycles. The van der Waals surface area contributed by atoms with Gasteiger partial charge in [0.25, 0.3) is 11.6 Å². The molecule has 0 spiro atoms. The lowest BCUT2D eigenvalue weighted by atomic mass is 10.1. The Bertz CT molecular complexity index is 676. The number of carbonyl (C=O) groups excluding carboxylic acids is 1. The zero-order valence-electron chi connectivity index (χ0n) is 9.84. The number of rotatable bonds is 3. The summed E-state index contributed by atoms with van der Waals surface area (Å²) >= 11 is 5.59. The minimum Gasteiger partial charge on any atom is -0.320 e. The number of aromatic nitrogens is 1. The van der Waals surface area contributed by atoms with Crippen molar-refractivity contribution in [2.75, 3.05) is 5.32 Å². The van der Waals surface area contributed by atoms with E-state index in [0.717, 1.165) is 18.2 Å². The summed E-state index contributed by atoms with van der Waals surface area (Å²) in [6, 6.07) is 5.64. The lowest BCUT2D eigenvalue weighted by Crippen LogP contribution is -2.14. The molecule has 0 atom stereocenters. The van der Waals surface area contributed by atoms with Crippen molar-refractivity contribution in [3.05, 3.63) is 63.2 Å².